The van der Waals surface area contributed by atoms with E-state index in [0.29, 0.717) is 11.3 Å². The van der Waals surface area contributed by atoms with Crippen LogP contribution in [0.15, 0.2) is 67.0 Å². The van der Waals surface area contributed by atoms with Crippen LogP contribution >= 0.6 is 0 Å². The second kappa shape index (κ2) is 7.24. The van der Waals surface area contributed by atoms with E-state index in [9.17, 15) is 9.18 Å². The Labute approximate surface area is 118 Å². The van der Waals surface area contributed by atoms with Crippen LogP contribution in [0.3, 0.4) is 0 Å². The fourth-order valence-corrected chi connectivity index (χ4v) is 1.38. The molecule has 0 bridgehead atoms. The van der Waals surface area contributed by atoms with Crippen molar-refractivity contribution in [2.24, 2.45) is 0 Å². The standard InChI is InChI=1S/C17H17FO2/c1-5-16(20-17(19)12(2)3)10-9-13(4)14-7-6-8-15(18)11-14/h5-11H,1-2H2,3-4H3/b13-9+,16-10+. The lowest BCUT2D eigenvalue weighted by molar-refractivity contribution is -0.134. The van der Waals surface area contributed by atoms with Gasteiger partial charge in [-0.15, -0.1) is 0 Å². The van der Waals surface area contributed by atoms with Crippen molar-refractivity contribution in [3.63, 3.8) is 0 Å². The molecular formula is C17H17FO2. The molecule has 0 fully saturated rings. The third-order valence-corrected chi connectivity index (χ3v) is 2.54. The van der Waals surface area contributed by atoms with Gasteiger partial charge in [0.05, 0.1) is 0 Å². The molecule has 0 aromatic heterocycles. The SMILES string of the molecule is C=C/C(=C\C=C(/C)c1cccc(F)c1)OC(=O)C(=C)C. The number of benzene rings is 1. The molecule has 1 rings (SSSR count). The van der Waals surface area contributed by atoms with Gasteiger partial charge in [-0.2, -0.15) is 0 Å². The van der Waals surface area contributed by atoms with Crippen molar-refractivity contribution in [1.82, 2.24) is 0 Å². The molecule has 0 aliphatic rings. The summed E-state index contributed by atoms with van der Waals surface area (Å²) >= 11 is 0. The summed E-state index contributed by atoms with van der Waals surface area (Å²) in [5.74, 6) is -0.487. The minimum absolute atomic E-state index is 0.295. The van der Waals surface area contributed by atoms with Crippen LogP contribution in [0.5, 0.6) is 0 Å². The molecule has 1 aromatic rings. The van der Waals surface area contributed by atoms with Crippen LogP contribution in [-0.2, 0) is 9.53 Å². The zero-order valence-corrected chi connectivity index (χ0v) is 11.7. The van der Waals surface area contributed by atoms with Crippen molar-refractivity contribution in [1.29, 1.82) is 0 Å². The van der Waals surface area contributed by atoms with Gasteiger partial charge in [-0.05, 0) is 49.3 Å². The largest absolute Gasteiger partial charge is 0.423 e. The third-order valence-electron chi connectivity index (χ3n) is 2.54. The number of carbonyl (C=O) groups excluding carboxylic acids is 1. The van der Waals surface area contributed by atoms with Gasteiger partial charge in [0.2, 0.25) is 0 Å². The molecule has 0 saturated carbocycles. The van der Waals surface area contributed by atoms with Crippen LogP contribution in [-0.4, -0.2) is 5.97 Å². The van der Waals surface area contributed by atoms with E-state index in [0.717, 1.165) is 11.1 Å². The van der Waals surface area contributed by atoms with Gasteiger partial charge in [0.1, 0.15) is 11.6 Å². The highest BCUT2D eigenvalue weighted by atomic mass is 19.1. The number of hydrogen-bond donors (Lipinski definition) is 0. The molecule has 1 aromatic carbocycles. The topological polar surface area (TPSA) is 26.3 Å². The van der Waals surface area contributed by atoms with Gasteiger partial charge in [0, 0.05) is 5.57 Å². The molecule has 0 spiro atoms. The lowest BCUT2D eigenvalue weighted by Gasteiger charge is -2.04. The minimum Gasteiger partial charge on any atom is -0.423 e. The maximum atomic E-state index is 13.1. The minimum atomic E-state index is -0.507. The zero-order chi connectivity index (χ0) is 15.1. The summed E-state index contributed by atoms with van der Waals surface area (Å²) in [6, 6.07) is 6.26. The first-order valence-electron chi connectivity index (χ1n) is 6.08. The van der Waals surface area contributed by atoms with Crippen molar-refractivity contribution in [3.8, 4) is 0 Å². The summed E-state index contributed by atoms with van der Waals surface area (Å²) < 4.78 is 18.2. The maximum absolute atomic E-state index is 13.1. The van der Waals surface area contributed by atoms with E-state index in [1.54, 1.807) is 31.2 Å². The average Bonchev–Trinajstić information content (AvgIpc) is 2.42. The normalized spacial score (nSPS) is 11.9. The second-order valence-electron chi connectivity index (χ2n) is 4.30. The van der Waals surface area contributed by atoms with Gasteiger partial charge in [0.15, 0.2) is 0 Å². The van der Waals surface area contributed by atoms with Crippen LogP contribution < -0.4 is 0 Å². The molecular weight excluding hydrogens is 255 g/mol. The van der Waals surface area contributed by atoms with E-state index in [2.05, 4.69) is 13.2 Å². The summed E-state index contributed by atoms with van der Waals surface area (Å²) in [7, 11) is 0. The number of carbonyl (C=O) groups is 1. The molecule has 0 unspecified atom stereocenters. The highest BCUT2D eigenvalue weighted by Crippen LogP contribution is 2.15. The van der Waals surface area contributed by atoms with Crippen molar-refractivity contribution in [3.05, 3.63) is 78.4 Å². The molecule has 3 heteroatoms. The maximum Gasteiger partial charge on any atom is 0.338 e. The Hall–Kier alpha value is -2.42. The number of hydrogen-bond acceptors (Lipinski definition) is 2. The summed E-state index contributed by atoms with van der Waals surface area (Å²) in [5, 5.41) is 0. The van der Waals surface area contributed by atoms with Crippen LogP contribution in [0.1, 0.15) is 19.4 Å². The Kier molecular flexibility index (Phi) is 5.66. The van der Waals surface area contributed by atoms with Crippen LogP contribution in [0.2, 0.25) is 0 Å². The highest BCUT2D eigenvalue weighted by molar-refractivity contribution is 5.87. The molecule has 0 heterocycles. The van der Waals surface area contributed by atoms with Crippen molar-refractivity contribution in [2.75, 3.05) is 0 Å². The predicted molar refractivity (Wildman–Crippen MR) is 79.2 cm³/mol. The molecule has 0 saturated heterocycles. The van der Waals surface area contributed by atoms with Gasteiger partial charge < -0.3 is 4.74 Å². The third kappa shape index (κ3) is 4.69. The Balaban J connectivity index is 2.91. The van der Waals surface area contributed by atoms with Crippen LogP contribution in [0.25, 0.3) is 5.57 Å². The Bertz CT molecular complexity index is 595. The number of rotatable bonds is 5. The smallest absolute Gasteiger partial charge is 0.338 e. The number of esters is 1. The lowest BCUT2D eigenvalue weighted by atomic mass is 10.1. The molecule has 0 amide bonds. The molecule has 0 N–H and O–H groups in total. The number of ether oxygens (including phenoxy) is 1. The second-order valence-corrected chi connectivity index (χ2v) is 4.30. The first kappa shape index (κ1) is 15.6. The first-order chi connectivity index (χ1) is 9.43. The monoisotopic (exact) mass is 272 g/mol. The quantitative estimate of drug-likeness (QED) is 0.343. The summed E-state index contributed by atoms with van der Waals surface area (Å²) in [5.41, 5.74) is 1.91. The number of halogens is 1. The van der Waals surface area contributed by atoms with E-state index >= 15 is 0 Å². The highest BCUT2D eigenvalue weighted by Gasteiger charge is 2.04. The molecule has 20 heavy (non-hydrogen) atoms. The van der Waals surface area contributed by atoms with Crippen molar-refractivity contribution < 1.29 is 13.9 Å². The molecule has 0 radical (unpaired) electrons. The van der Waals surface area contributed by atoms with Gasteiger partial charge >= 0.3 is 5.97 Å². The lowest BCUT2D eigenvalue weighted by Crippen LogP contribution is -2.03. The van der Waals surface area contributed by atoms with E-state index < -0.39 is 5.97 Å². The molecule has 0 aliphatic heterocycles. The van der Waals surface area contributed by atoms with E-state index in [4.69, 9.17) is 4.74 Å². The van der Waals surface area contributed by atoms with Gasteiger partial charge in [-0.1, -0.05) is 31.4 Å². The average molecular weight is 272 g/mol. The summed E-state index contributed by atoms with van der Waals surface area (Å²) in [4.78, 5) is 11.4. The fraction of sp³-hybridized carbons (Fsp3) is 0.118. The van der Waals surface area contributed by atoms with E-state index in [1.165, 1.54) is 18.2 Å². The van der Waals surface area contributed by atoms with Crippen LogP contribution in [0.4, 0.5) is 4.39 Å². The molecule has 2 nitrogen and oxygen atoms in total. The Morgan fingerprint density at radius 1 is 1.30 bits per heavy atom. The predicted octanol–water partition coefficient (Wildman–Crippen LogP) is 4.42. The Morgan fingerprint density at radius 2 is 2.00 bits per heavy atom. The Morgan fingerprint density at radius 3 is 2.55 bits per heavy atom. The van der Waals surface area contributed by atoms with E-state index in [1.807, 2.05) is 6.92 Å². The van der Waals surface area contributed by atoms with Gasteiger partial charge in [-0.25, -0.2) is 9.18 Å². The molecule has 0 atom stereocenters. The van der Waals surface area contributed by atoms with E-state index in [-0.39, 0.29) is 5.82 Å². The van der Waals surface area contributed by atoms with Gasteiger partial charge in [0.25, 0.3) is 0 Å². The fourth-order valence-electron chi connectivity index (χ4n) is 1.38. The van der Waals surface area contributed by atoms with Crippen molar-refractivity contribution >= 4 is 11.5 Å². The van der Waals surface area contributed by atoms with Crippen LogP contribution in [0, 0.1) is 5.82 Å². The first-order valence-corrected chi connectivity index (χ1v) is 6.08. The molecule has 104 valence electrons. The summed E-state index contributed by atoms with van der Waals surface area (Å²) in [6.07, 6.45) is 4.77. The summed E-state index contributed by atoms with van der Waals surface area (Å²) in [6.45, 7) is 10.5. The molecule has 0 aliphatic carbocycles. The number of allylic oxidation sites excluding steroid dienone is 4. The zero-order valence-electron chi connectivity index (χ0n) is 11.7. The van der Waals surface area contributed by atoms with Gasteiger partial charge in [-0.3, -0.25) is 0 Å². The van der Waals surface area contributed by atoms with Crippen molar-refractivity contribution in [2.45, 2.75) is 13.8 Å².